The number of rotatable bonds is 7. The highest BCUT2D eigenvalue weighted by Crippen LogP contribution is 2.23. The van der Waals surface area contributed by atoms with Crippen molar-refractivity contribution >= 4 is 10.8 Å². The van der Waals surface area contributed by atoms with Crippen molar-refractivity contribution in [3.8, 4) is 0 Å². The Balaban J connectivity index is 1.92. The maximum atomic E-state index is 3.66. The van der Waals surface area contributed by atoms with Crippen LogP contribution in [-0.4, -0.2) is 6.54 Å². The Bertz CT molecular complexity index is 525. The van der Waals surface area contributed by atoms with Gasteiger partial charge in [0.2, 0.25) is 0 Å². The summed E-state index contributed by atoms with van der Waals surface area (Å²) >= 11 is 0. The molecule has 2 aromatic rings. The van der Waals surface area contributed by atoms with Crippen LogP contribution in [0.15, 0.2) is 42.5 Å². The molecule has 1 heteroatoms. The maximum Gasteiger partial charge on any atom is 0.0297 e. The van der Waals surface area contributed by atoms with E-state index >= 15 is 0 Å². The molecular formula is C19H27N. The van der Waals surface area contributed by atoms with Crippen molar-refractivity contribution < 1.29 is 0 Å². The molecule has 0 aromatic heterocycles. The quantitative estimate of drug-likeness (QED) is 0.671. The highest BCUT2D eigenvalue weighted by Gasteiger charge is 2.07. The van der Waals surface area contributed by atoms with E-state index in [4.69, 9.17) is 0 Å². The molecule has 0 fully saturated rings. The molecule has 0 spiro atoms. The lowest BCUT2D eigenvalue weighted by molar-refractivity contribution is 0.499. The Labute approximate surface area is 123 Å². The predicted octanol–water partition coefficient (Wildman–Crippen LogP) is 5.32. The lowest BCUT2D eigenvalue weighted by Crippen LogP contribution is -2.20. The van der Waals surface area contributed by atoms with E-state index in [0.29, 0.717) is 6.04 Å². The highest BCUT2D eigenvalue weighted by molar-refractivity contribution is 5.86. The summed E-state index contributed by atoms with van der Waals surface area (Å²) in [6, 6.07) is 15.7. The molecule has 0 aliphatic carbocycles. The van der Waals surface area contributed by atoms with Gasteiger partial charge in [-0.3, -0.25) is 0 Å². The standard InChI is InChI=1S/C19H27N/c1-15(2)9-6-7-14-20-16(3)18-13-8-11-17-10-4-5-12-19(17)18/h4-5,8,10-13,15-16,20H,6-7,9,14H2,1-3H3. The molecule has 0 bridgehead atoms. The fourth-order valence-electron chi connectivity index (χ4n) is 2.73. The minimum atomic E-state index is 0.417. The van der Waals surface area contributed by atoms with Crippen LogP contribution in [0.4, 0.5) is 0 Å². The molecule has 0 saturated carbocycles. The van der Waals surface area contributed by atoms with Crippen LogP contribution in [0.1, 0.15) is 51.6 Å². The molecule has 0 amide bonds. The number of hydrogen-bond acceptors (Lipinski definition) is 1. The van der Waals surface area contributed by atoms with Crippen LogP contribution < -0.4 is 5.32 Å². The van der Waals surface area contributed by atoms with Gasteiger partial charge in [0.25, 0.3) is 0 Å². The molecule has 1 unspecified atom stereocenters. The molecule has 1 atom stereocenters. The molecule has 0 aliphatic heterocycles. The second-order valence-corrected chi connectivity index (χ2v) is 6.13. The van der Waals surface area contributed by atoms with Gasteiger partial charge in [-0.15, -0.1) is 0 Å². The van der Waals surface area contributed by atoms with Crippen molar-refractivity contribution in [3.63, 3.8) is 0 Å². The summed E-state index contributed by atoms with van der Waals surface area (Å²) in [7, 11) is 0. The fourth-order valence-corrected chi connectivity index (χ4v) is 2.73. The predicted molar refractivity (Wildman–Crippen MR) is 89.1 cm³/mol. The van der Waals surface area contributed by atoms with Crippen LogP contribution >= 0.6 is 0 Å². The average Bonchev–Trinajstić information content (AvgIpc) is 2.45. The summed E-state index contributed by atoms with van der Waals surface area (Å²) in [5, 5.41) is 6.37. The lowest BCUT2D eigenvalue weighted by atomic mass is 9.99. The van der Waals surface area contributed by atoms with Gasteiger partial charge >= 0.3 is 0 Å². The summed E-state index contributed by atoms with van der Waals surface area (Å²) in [5.41, 5.74) is 1.41. The van der Waals surface area contributed by atoms with Crippen molar-refractivity contribution in [2.24, 2.45) is 5.92 Å². The SMILES string of the molecule is CC(C)CCCCNC(C)c1cccc2ccccc12. The maximum absolute atomic E-state index is 3.66. The molecule has 0 aliphatic rings. The zero-order valence-corrected chi connectivity index (χ0v) is 13.0. The van der Waals surface area contributed by atoms with Crippen LogP contribution in [0.5, 0.6) is 0 Å². The normalized spacial score (nSPS) is 13.0. The van der Waals surface area contributed by atoms with E-state index < -0.39 is 0 Å². The number of unbranched alkanes of at least 4 members (excludes halogenated alkanes) is 1. The third-order valence-corrected chi connectivity index (χ3v) is 3.95. The van der Waals surface area contributed by atoms with Crippen molar-refractivity contribution in [2.45, 2.75) is 46.1 Å². The molecule has 108 valence electrons. The summed E-state index contributed by atoms with van der Waals surface area (Å²) < 4.78 is 0. The molecule has 0 heterocycles. The first-order valence-corrected chi connectivity index (χ1v) is 7.89. The topological polar surface area (TPSA) is 12.0 Å². The Morgan fingerprint density at radius 2 is 1.65 bits per heavy atom. The second kappa shape index (κ2) is 7.44. The Kier molecular flexibility index (Phi) is 5.60. The summed E-state index contributed by atoms with van der Waals surface area (Å²) in [6.45, 7) is 7.97. The first-order valence-electron chi connectivity index (χ1n) is 7.89. The number of benzene rings is 2. The zero-order valence-electron chi connectivity index (χ0n) is 13.0. The fraction of sp³-hybridized carbons (Fsp3) is 0.474. The Morgan fingerprint density at radius 3 is 2.45 bits per heavy atom. The largest absolute Gasteiger partial charge is 0.310 e. The third-order valence-electron chi connectivity index (χ3n) is 3.95. The minimum Gasteiger partial charge on any atom is -0.310 e. The van der Waals surface area contributed by atoms with E-state index in [2.05, 4.69) is 68.6 Å². The number of hydrogen-bond donors (Lipinski definition) is 1. The summed E-state index contributed by atoms with van der Waals surface area (Å²) in [5.74, 6) is 0.825. The van der Waals surface area contributed by atoms with Crippen LogP contribution in [0.25, 0.3) is 10.8 Å². The zero-order chi connectivity index (χ0) is 14.4. The van der Waals surface area contributed by atoms with Gasteiger partial charge in [0, 0.05) is 6.04 Å². The van der Waals surface area contributed by atoms with Gasteiger partial charge in [-0.2, -0.15) is 0 Å². The van der Waals surface area contributed by atoms with Crippen molar-refractivity contribution in [3.05, 3.63) is 48.0 Å². The van der Waals surface area contributed by atoms with Crippen molar-refractivity contribution in [1.82, 2.24) is 5.32 Å². The smallest absolute Gasteiger partial charge is 0.0297 e. The Morgan fingerprint density at radius 1 is 0.900 bits per heavy atom. The summed E-state index contributed by atoms with van der Waals surface area (Å²) in [6.07, 6.45) is 3.94. The van der Waals surface area contributed by atoms with E-state index in [9.17, 15) is 0 Å². The third kappa shape index (κ3) is 4.08. The molecular weight excluding hydrogens is 242 g/mol. The molecule has 2 aromatic carbocycles. The van der Waals surface area contributed by atoms with E-state index in [1.165, 1.54) is 35.6 Å². The molecule has 0 saturated heterocycles. The number of nitrogens with one attached hydrogen (secondary N) is 1. The number of fused-ring (bicyclic) bond motifs is 1. The van der Waals surface area contributed by atoms with E-state index in [1.54, 1.807) is 0 Å². The van der Waals surface area contributed by atoms with E-state index in [-0.39, 0.29) is 0 Å². The van der Waals surface area contributed by atoms with Crippen LogP contribution in [0.3, 0.4) is 0 Å². The van der Waals surface area contributed by atoms with Gasteiger partial charge in [0.05, 0.1) is 0 Å². The van der Waals surface area contributed by atoms with Gasteiger partial charge in [-0.25, -0.2) is 0 Å². The van der Waals surface area contributed by atoms with E-state index in [0.717, 1.165) is 12.5 Å². The molecule has 0 radical (unpaired) electrons. The van der Waals surface area contributed by atoms with Gasteiger partial charge in [0.1, 0.15) is 0 Å². The first kappa shape index (κ1) is 15.1. The van der Waals surface area contributed by atoms with Crippen LogP contribution in [0.2, 0.25) is 0 Å². The molecule has 2 rings (SSSR count). The van der Waals surface area contributed by atoms with Gasteiger partial charge in [-0.1, -0.05) is 69.2 Å². The van der Waals surface area contributed by atoms with Crippen LogP contribution in [-0.2, 0) is 0 Å². The van der Waals surface area contributed by atoms with E-state index in [1.807, 2.05) is 0 Å². The average molecular weight is 269 g/mol. The van der Waals surface area contributed by atoms with Crippen LogP contribution in [0, 0.1) is 5.92 Å². The summed E-state index contributed by atoms with van der Waals surface area (Å²) in [4.78, 5) is 0. The highest BCUT2D eigenvalue weighted by atomic mass is 14.9. The van der Waals surface area contributed by atoms with Crippen molar-refractivity contribution in [2.75, 3.05) is 6.54 Å². The first-order chi connectivity index (χ1) is 9.68. The monoisotopic (exact) mass is 269 g/mol. The second-order valence-electron chi connectivity index (χ2n) is 6.13. The molecule has 1 N–H and O–H groups in total. The Hall–Kier alpha value is -1.34. The minimum absolute atomic E-state index is 0.417. The van der Waals surface area contributed by atoms with Gasteiger partial charge in [-0.05, 0) is 42.1 Å². The lowest BCUT2D eigenvalue weighted by Gasteiger charge is -2.16. The molecule has 20 heavy (non-hydrogen) atoms. The molecule has 1 nitrogen and oxygen atoms in total. The van der Waals surface area contributed by atoms with Gasteiger partial charge in [0.15, 0.2) is 0 Å². The van der Waals surface area contributed by atoms with Crippen molar-refractivity contribution in [1.29, 1.82) is 0 Å². The van der Waals surface area contributed by atoms with Gasteiger partial charge < -0.3 is 5.32 Å².